The molecule has 0 unspecified atom stereocenters. The predicted molar refractivity (Wildman–Crippen MR) is 90.5 cm³/mol. The van der Waals surface area contributed by atoms with Crippen LogP contribution in [0.25, 0.3) is 0 Å². The van der Waals surface area contributed by atoms with Gasteiger partial charge in [0.05, 0.1) is 5.69 Å². The summed E-state index contributed by atoms with van der Waals surface area (Å²) >= 11 is 6.41. The average molecular weight is 333 g/mol. The molecule has 0 amide bonds. The van der Waals surface area contributed by atoms with Crippen LogP contribution in [-0.4, -0.2) is 10.2 Å². The summed E-state index contributed by atoms with van der Waals surface area (Å²) in [5.74, 6) is -0.273. The van der Waals surface area contributed by atoms with E-state index in [0.29, 0.717) is 5.02 Å². The first-order chi connectivity index (χ1) is 11.2. The molecule has 2 nitrogen and oxygen atoms in total. The number of hydrogen-bond acceptors (Lipinski definition) is 1. The van der Waals surface area contributed by atoms with Gasteiger partial charge >= 0.3 is 0 Å². The highest BCUT2D eigenvalue weighted by atomic mass is 35.5. The van der Waals surface area contributed by atoms with Crippen molar-refractivity contribution in [2.75, 3.05) is 0 Å². The van der Waals surface area contributed by atoms with Gasteiger partial charge in [0.15, 0.2) is 0 Å². The number of aryl methyl sites for hydroxylation is 1. The Balaban J connectivity index is 1.81. The number of halogens is 2. The first-order valence-corrected chi connectivity index (χ1v) is 9.11. The molecule has 1 heterocycles. The Morgan fingerprint density at radius 1 is 1.04 bits per heavy atom. The van der Waals surface area contributed by atoms with E-state index in [-0.39, 0.29) is 11.2 Å². The van der Waals surface area contributed by atoms with Gasteiger partial charge in [-0.25, -0.2) is 4.39 Å². The molecule has 1 N–H and O–H groups in total. The molecule has 0 atom stereocenters. The fourth-order valence-electron chi connectivity index (χ4n) is 4.27. The van der Waals surface area contributed by atoms with Gasteiger partial charge in [0.2, 0.25) is 0 Å². The van der Waals surface area contributed by atoms with Crippen molar-refractivity contribution >= 4 is 11.6 Å². The number of H-pyrrole nitrogens is 1. The maximum absolute atomic E-state index is 13.5. The van der Waals surface area contributed by atoms with Crippen molar-refractivity contribution in [3.63, 3.8) is 0 Å². The zero-order chi connectivity index (χ0) is 15.9. The van der Waals surface area contributed by atoms with Gasteiger partial charge in [-0.1, -0.05) is 36.9 Å². The standard InChI is InChI=1S/C19H22ClFN2/c20-16-12-13(21)8-9-15(16)19(10-5-11-19)18-14-6-3-1-2-4-7-17(14)22-23-18/h8-9,12H,1-7,10-11H2,(H,22,23). The minimum Gasteiger partial charge on any atom is -0.282 e. The smallest absolute Gasteiger partial charge is 0.124 e. The lowest BCUT2D eigenvalue weighted by Crippen LogP contribution is -2.37. The minimum atomic E-state index is -0.273. The highest BCUT2D eigenvalue weighted by Crippen LogP contribution is 2.52. The van der Waals surface area contributed by atoms with E-state index in [2.05, 4.69) is 5.10 Å². The van der Waals surface area contributed by atoms with Gasteiger partial charge in [-0.3, -0.25) is 5.10 Å². The van der Waals surface area contributed by atoms with Gasteiger partial charge in [0, 0.05) is 16.1 Å². The number of nitrogens with zero attached hydrogens (tertiary/aromatic N) is 1. The molecule has 0 bridgehead atoms. The van der Waals surface area contributed by atoms with E-state index in [4.69, 9.17) is 16.7 Å². The van der Waals surface area contributed by atoms with Gasteiger partial charge in [-0.05, 0) is 61.8 Å². The molecule has 4 heteroatoms. The highest BCUT2D eigenvalue weighted by molar-refractivity contribution is 6.31. The van der Waals surface area contributed by atoms with Crippen molar-refractivity contribution in [1.82, 2.24) is 10.2 Å². The molecule has 1 saturated carbocycles. The molecule has 0 saturated heterocycles. The maximum atomic E-state index is 13.5. The minimum absolute atomic E-state index is 0.117. The molecule has 1 aromatic carbocycles. The Kier molecular flexibility index (Phi) is 3.92. The van der Waals surface area contributed by atoms with Crippen molar-refractivity contribution in [2.24, 2.45) is 0 Å². The summed E-state index contributed by atoms with van der Waals surface area (Å²) in [6, 6.07) is 4.83. The van der Waals surface area contributed by atoms with Crippen molar-refractivity contribution in [2.45, 2.75) is 63.2 Å². The fraction of sp³-hybridized carbons (Fsp3) is 0.526. The van der Waals surface area contributed by atoms with Crippen molar-refractivity contribution < 1.29 is 4.39 Å². The normalized spacial score (nSPS) is 20.3. The van der Waals surface area contributed by atoms with Crippen molar-refractivity contribution in [3.8, 4) is 0 Å². The van der Waals surface area contributed by atoms with Crippen LogP contribution in [0.4, 0.5) is 4.39 Å². The fourth-order valence-corrected chi connectivity index (χ4v) is 4.62. The van der Waals surface area contributed by atoms with E-state index in [0.717, 1.165) is 31.2 Å². The molecular formula is C19H22ClFN2. The number of fused-ring (bicyclic) bond motifs is 1. The summed E-state index contributed by atoms with van der Waals surface area (Å²) in [5.41, 5.74) is 4.82. The summed E-state index contributed by atoms with van der Waals surface area (Å²) in [6.07, 6.45) is 10.5. The molecule has 0 aliphatic heterocycles. The number of aromatic amines is 1. The molecule has 2 aliphatic rings. The van der Waals surface area contributed by atoms with E-state index in [1.807, 2.05) is 6.07 Å². The molecule has 1 aromatic heterocycles. The molecule has 4 rings (SSSR count). The van der Waals surface area contributed by atoms with Gasteiger partial charge in [-0.2, -0.15) is 5.10 Å². The molecule has 2 aliphatic carbocycles. The Morgan fingerprint density at radius 2 is 1.83 bits per heavy atom. The second-order valence-electron chi connectivity index (χ2n) is 7.00. The quantitative estimate of drug-likeness (QED) is 0.791. The van der Waals surface area contributed by atoms with Crippen LogP contribution in [0.1, 0.15) is 67.5 Å². The molecule has 0 spiro atoms. The SMILES string of the molecule is Fc1ccc(C2(c3n[nH]c4c3CCCCCC4)CCC2)c(Cl)c1. The van der Waals surface area contributed by atoms with E-state index in [1.165, 1.54) is 61.2 Å². The second-order valence-corrected chi connectivity index (χ2v) is 7.41. The lowest BCUT2D eigenvalue weighted by atomic mass is 9.61. The molecule has 122 valence electrons. The van der Waals surface area contributed by atoms with Crippen molar-refractivity contribution in [1.29, 1.82) is 0 Å². The third kappa shape index (κ3) is 2.50. The summed E-state index contributed by atoms with van der Waals surface area (Å²) in [7, 11) is 0. The molecule has 0 radical (unpaired) electrons. The summed E-state index contributed by atoms with van der Waals surface area (Å²) in [4.78, 5) is 0. The first kappa shape index (κ1) is 15.2. The highest BCUT2D eigenvalue weighted by Gasteiger charge is 2.45. The number of rotatable bonds is 2. The lowest BCUT2D eigenvalue weighted by molar-refractivity contribution is 0.291. The summed E-state index contributed by atoms with van der Waals surface area (Å²) < 4.78 is 13.5. The molecule has 1 fully saturated rings. The van der Waals surface area contributed by atoms with Gasteiger partial charge in [0.1, 0.15) is 5.82 Å². The second kappa shape index (κ2) is 5.94. The number of hydrogen-bond donors (Lipinski definition) is 1. The first-order valence-electron chi connectivity index (χ1n) is 8.73. The third-order valence-electron chi connectivity index (χ3n) is 5.66. The van der Waals surface area contributed by atoms with E-state index >= 15 is 0 Å². The zero-order valence-electron chi connectivity index (χ0n) is 13.3. The Hall–Kier alpha value is -1.35. The average Bonchev–Trinajstić information content (AvgIpc) is 2.82. The zero-order valence-corrected chi connectivity index (χ0v) is 14.1. The third-order valence-corrected chi connectivity index (χ3v) is 5.98. The largest absolute Gasteiger partial charge is 0.282 e. The summed E-state index contributed by atoms with van der Waals surface area (Å²) in [6.45, 7) is 0. The Bertz CT molecular complexity index is 718. The van der Waals surface area contributed by atoms with Gasteiger partial charge < -0.3 is 0 Å². The van der Waals surface area contributed by atoms with Crippen LogP contribution in [0, 0.1) is 5.82 Å². The van der Waals surface area contributed by atoms with Crippen molar-refractivity contribution in [3.05, 3.63) is 51.6 Å². The van der Waals surface area contributed by atoms with Crippen LogP contribution in [-0.2, 0) is 18.3 Å². The Labute approximate surface area is 141 Å². The van der Waals surface area contributed by atoms with Crippen LogP contribution in [0.5, 0.6) is 0 Å². The van der Waals surface area contributed by atoms with Crippen LogP contribution < -0.4 is 0 Å². The monoisotopic (exact) mass is 332 g/mol. The molecular weight excluding hydrogens is 311 g/mol. The van der Waals surface area contributed by atoms with Gasteiger partial charge in [0.25, 0.3) is 0 Å². The van der Waals surface area contributed by atoms with E-state index in [1.54, 1.807) is 0 Å². The van der Waals surface area contributed by atoms with E-state index in [9.17, 15) is 4.39 Å². The number of nitrogens with one attached hydrogen (secondary N) is 1. The predicted octanol–water partition coefficient (Wildman–Crippen LogP) is 5.33. The number of benzene rings is 1. The van der Waals surface area contributed by atoms with Crippen LogP contribution in [0.15, 0.2) is 18.2 Å². The van der Waals surface area contributed by atoms with Gasteiger partial charge in [-0.15, -0.1) is 0 Å². The lowest BCUT2D eigenvalue weighted by Gasteiger charge is -2.42. The van der Waals surface area contributed by atoms with Crippen LogP contribution in [0.3, 0.4) is 0 Å². The molecule has 2 aromatic rings. The van der Waals surface area contributed by atoms with Crippen LogP contribution >= 0.6 is 11.6 Å². The maximum Gasteiger partial charge on any atom is 0.124 e. The Morgan fingerprint density at radius 3 is 2.52 bits per heavy atom. The topological polar surface area (TPSA) is 28.7 Å². The number of aromatic nitrogens is 2. The summed E-state index contributed by atoms with van der Waals surface area (Å²) in [5, 5.41) is 8.57. The van der Waals surface area contributed by atoms with Crippen LogP contribution in [0.2, 0.25) is 5.02 Å². The molecule has 23 heavy (non-hydrogen) atoms. The van der Waals surface area contributed by atoms with E-state index < -0.39 is 0 Å².